The summed E-state index contributed by atoms with van der Waals surface area (Å²) in [5, 5.41) is 13.9. The number of hydrogen-bond acceptors (Lipinski definition) is 6. The highest BCUT2D eigenvalue weighted by Gasteiger charge is 2.20. The fourth-order valence-corrected chi connectivity index (χ4v) is 2.36. The van der Waals surface area contributed by atoms with E-state index in [4.69, 9.17) is 4.74 Å². The van der Waals surface area contributed by atoms with Gasteiger partial charge in [-0.25, -0.2) is 13.8 Å². The predicted molar refractivity (Wildman–Crippen MR) is 83.6 cm³/mol. The first-order chi connectivity index (χ1) is 11.5. The second-order valence-electron chi connectivity index (χ2n) is 5.15. The van der Waals surface area contributed by atoms with Crippen molar-refractivity contribution in [2.45, 2.75) is 0 Å². The zero-order chi connectivity index (χ0) is 17.1. The van der Waals surface area contributed by atoms with Crippen LogP contribution in [0.25, 0.3) is 0 Å². The Kier molecular flexibility index (Phi) is 4.52. The molecule has 1 saturated heterocycles. The lowest BCUT2D eigenvalue weighted by Crippen LogP contribution is -2.36. The number of nitrogens with zero attached hydrogens (tertiary/aromatic N) is 3. The van der Waals surface area contributed by atoms with E-state index in [-0.39, 0.29) is 17.2 Å². The molecule has 7 nitrogen and oxygen atoms in total. The SMILES string of the molecule is O=[N+]([O-])c1ccc(N2CCOCC2)nc1Nc1ccc(F)c(F)c1. The zero-order valence-electron chi connectivity index (χ0n) is 12.5. The minimum Gasteiger partial charge on any atom is -0.378 e. The lowest BCUT2D eigenvalue weighted by molar-refractivity contribution is -0.384. The molecule has 0 spiro atoms. The van der Waals surface area contributed by atoms with E-state index >= 15 is 0 Å². The number of benzene rings is 1. The average molecular weight is 336 g/mol. The number of hydrogen-bond donors (Lipinski definition) is 1. The van der Waals surface area contributed by atoms with E-state index in [2.05, 4.69) is 10.3 Å². The largest absolute Gasteiger partial charge is 0.378 e. The van der Waals surface area contributed by atoms with Crippen molar-refractivity contribution >= 4 is 23.0 Å². The third kappa shape index (κ3) is 3.40. The second-order valence-corrected chi connectivity index (χ2v) is 5.15. The summed E-state index contributed by atoms with van der Waals surface area (Å²) >= 11 is 0. The van der Waals surface area contributed by atoms with Crippen molar-refractivity contribution in [1.29, 1.82) is 0 Å². The molecule has 1 aliphatic rings. The number of anilines is 3. The van der Waals surface area contributed by atoms with Crippen LogP contribution in [0.5, 0.6) is 0 Å². The molecule has 1 aliphatic heterocycles. The fourth-order valence-electron chi connectivity index (χ4n) is 2.36. The molecule has 2 aromatic rings. The molecule has 1 N–H and O–H groups in total. The van der Waals surface area contributed by atoms with E-state index in [9.17, 15) is 18.9 Å². The van der Waals surface area contributed by atoms with Crippen LogP contribution in [0.4, 0.5) is 31.8 Å². The van der Waals surface area contributed by atoms with E-state index in [1.165, 1.54) is 12.1 Å². The van der Waals surface area contributed by atoms with Crippen LogP contribution in [-0.4, -0.2) is 36.2 Å². The number of pyridine rings is 1. The Balaban J connectivity index is 1.93. The fraction of sp³-hybridized carbons (Fsp3) is 0.267. The van der Waals surface area contributed by atoms with Gasteiger partial charge in [-0.2, -0.15) is 0 Å². The molecule has 0 amide bonds. The maximum atomic E-state index is 13.3. The molecule has 1 aromatic carbocycles. The summed E-state index contributed by atoms with van der Waals surface area (Å²) in [6.07, 6.45) is 0. The zero-order valence-corrected chi connectivity index (χ0v) is 12.5. The molecule has 0 atom stereocenters. The third-order valence-electron chi connectivity index (χ3n) is 3.57. The van der Waals surface area contributed by atoms with Gasteiger partial charge in [-0.3, -0.25) is 10.1 Å². The molecule has 3 rings (SSSR count). The Hall–Kier alpha value is -2.81. The number of morpholine rings is 1. The topological polar surface area (TPSA) is 80.5 Å². The van der Waals surface area contributed by atoms with E-state index < -0.39 is 16.6 Å². The molecule has 24 heavy (non-hydrogen) atoms. The van der Waals surface area contributed by atoms with Crippen molar-refractivity contribution in [2.75, 3.05) is 36.5 Å². The molecular weight excluding hydrogens is 322 g/mol. The van der Waals surface area contributed by atoms with Gasteiger partial charge in [0.2, 0.25) is 5.82 Å². The van der Waals surface area contributed by atoms with Crippen LogP contribution in [0, 0.1) is 21.7 Å². The molecule has 9 heteroatoms. The first-order valence-electron chi connectivity index (χ1n) is 7.25. The average Bonchev–Trinajstić information content (AvgIpc) is 2.59. The summed E-state index contributed by atoms with van der Waals surface area (Å²) in [5.74, 6) is -1.53. The first kappa shape index (κ1) is 16.1. The Morgan fingerprint density at radius 3 is 2.58 bits per heavy atom. The van der Waals surface area contributed by atoms with Crippen LogP contribution in [-0.2, 0) is 4.74 Å². The van der Waals surface area contributed by atoms with Gasteiger partial charge in [0.05, 0.1) is 18.1 Å². The van der Waals surface area contributed by atoms with Gasteiger partial charge in [0.25, 0.3) is 0 Å². The number of rotatable bonds is 4. The van der Waals surface area contributed by atoms with Crippen molar-refractivity contribution in [2.24, 2.45) is 0 Å². The van der Waals surface area contributed by atoms with Crippen LogP contribution >= 0.6 is 0 Å². The summed E-state index contributed by atoms with van der Waals surface area (Å²) in [7, 11) is 0. The van der Waals surface area contributed by atoms with Crippen LogP contribution in [0.3, 0.4) is 0 Å². The van der Waals surface area contributed by atoms with Crippen molar-refractivity contribution in [3.63, 3.8) is 0 Å². The first-order valence-corrected chi connectivity index (χ1v) is 7.25. The van der Waals surface area contributed by atoms with E-state index in [0.29, 0.717) is 32.1 Å². The highest BCUT2D eigenvalue weighted by Crippen LogP contribution is 2.29. The number of nitro groups is 1. The van der Waals surface area contributed by atoms with Gasteiger partial charge in [0, 0.05) is 30.9 Å². The summed E-state index contributed by atoms with van der Waals surface area (Å²) in [5.41, 5.74) is -0.0830. The predicted octanol–water partition coefficient (Wildman–Crippen LogP) is 2.85. The van der Waals surface area contributed by atoms with E-state index in [0.717, 1.165) is 12.1 Å². The van der Waals surface area contributed by atoms with Gasteiger partial charge in [-0.15, -0.1) is 0 Å². The standard InChI is InChI=1S/C15H14F2N4O3/c16-11-2-1-10(9-12(11)17)18-15-13(21(22)23)3-4-14(19-15)20-5-7-24-8-6-20/h1-4,9H,5-8H2,(H,18,19). The third-order valence-corrected chi connectivity index (χ3v) is 3.57. The molecule has 0 bridgehead atoms. The number of halogens is 2. The van der Waals surface area contributed by atoms with Gasteiger partial charge in [-0.1, -0.05) is 0 Å². The monoisotopic (exact) mass is 336 g/mol. The molecule has 0 saturated carbocycles. The Bertz CT molecular complexity index is 766. The lowest BCUT2D eigenvalue weighted by Gasteiger charge is -2.28. The molecule has 0 radical (unpaired) electrons. The molecule has 1 fully saturated rings. The molecular formula is C15H14F2N4O3. The van der Waals surface area contributed by atoms with E-state index in [1.807, 2.05) is 4.90 Å². The molecule has 126 valence electrons. The van der Waals surface area contributed by atoms with Gasteiger partial charge >= 0.3 is 5.69 Å². The Labute approximate surface area is 136 Å². The Morgan fingerprint density at radius 1 is 1.17 bits per heavy atom. The van der Waals surface area contributed by atoms with Gasteiger partial charge in [0.15, 0.2) is 11.6 Å². The molecule has 0 aliphatic carbocycles. The van der Waals surface area contributed by atoms with Crippen molar-refractivity contribution in [1.82, 2.24) is 4.98 Å². The highest BCUT2D eigenvalue weighted by molar-refractivity contribution is 5.68. The van der Waals surface area contributed by atoms with E-state index in [1.54, 1.807) is 6.07 Å². The molecule has 1 aromatic heterocycles. The normalized spacial score (nSPS) is 14.5. The number of aromatic nitrogens is 1. The summed E-state index contributed by atoms with van der Waals surface area (Å²) in [4.78, 5) is 16.8. The smallest absolute Gasteiger partial charge is 0.311 e. The van der Waals surface area contributed by atoms with Gasteiger partial charge in [-0.05, 0) is 18.2 Å². The van der Waals surface area contributed by atoms with Gasteiger partial charge in [0.1, 0.15) is 5.82 Å². The maximum Gasteiger partial charge on any atom is 0.311 e. The number of ether oxygens (including phenoxy) is 1. The van der Waals surface area contributed by atoms with Crippen molar-refractivity contribution in [3.8, 4) is 0 Å². The minimum absolute atomic E-state index is 0.0324. The Morgan fingerprint density at radius 2 is 1.92 bits per heavy atom. The second kappa shape index (κ2) is 6.75. The van der Waals surface area contributed by atoms with Crippen molar-refractivity contribution < 1.29 is 18.4 Å². The highest BCUT2D eigenvalue weighted by atomic mass is 19.2. The molecule has 2 heterocycles. The van der Waals surface area contributed by atoms with Crippen LogP contribution in [0.2, 0.25) is 0 Å². The summed E-state index contributed by atoms with van der Waals surface area (Å²) in [6, 6.07) is 6.03. The van der Waals surface area contributed by atoms with Gasteiger partial charge < -0.3 is 15.0 Å². The minimum atomic E-state index is -1.05. The maximum absolute atomic E-state index is 13.3. The summed E-state index contributed by atoms with van der Waals surface area (Å²) in [6.45, 7) is 2.33. The van der Waals surface area contributed by atoms with Crippen LogP contribution in [0.15, 0.2) is 30.3 Å². The van der Waals surface area contributed by atoms with Crippen molar-refractivity contribution in [3.05, 3.63) is 52.1 Å². The van der Waals surface area contributed by atoms with Crippen LogP contribution in [0.1, 0.15) is 0 Å². The summed E-state index contributed by atoms with van der Waals surface area (Å²) < 4.78 is 31.6. The molecule has 0 unspecified atom stereocenters. The quantitative estimate of drug-likeness (QED) is 0.683. The lowest BCUT2D eigenvalue weighted by atomic mass is 10.3. The number of nitrogens with one attached hydrogen (secondary N) is 1. The van der Waals surface area contributed by atoms with Crippen LogP contribution < -0.4 is 10.2 Å².